The molecule has 0 aromatic heterocycles. The Morgan fingerprint density at radius 1 is 1.04 bits per heavy atom. The zero-order valence-corrected chi connectivity index (χ0v) is 13.5. The van der Waals surface area contributed by atoms with E-state index in [0.29, 0.717) is 0 Å². The molecule has 23 heavy (non-hydrogen) atoms. The van der Waals surface area contributed by atoms with Gasteiger partial charge in [0.25, 0.3) is 0 Å². The molecule has 3 rings (SSSR count). The van der Waals surface area contributed by atoms with Crippen LogP contribution in [0.2, 0.25) is 0 Å². The number of nitrogens with one attached hydrogen (secondary N) is 2. The van der Waals surface area contributed by atoms with E-state index in [-0.39, 0.29) is 17.7 Å². The van der Waals surface area contributed by atoms with E-state index in [0.717, 1.165) is 29.8 Å². The number of hydrogen-bond acceptors (Lipinski definition) is 2. The van der Waals surface area contributed by atoms with Gasteiger partial charge in [-0.2, -0.15) is 0 Å². The van der Waals surface area contributed by atoms with Gasteiger partial charge in [0, 0.05) is 5.69 Å². The Balaban J connectivity index is 1.59. The third kappa shape index (κ3) is 3.83. The van der Waals surface area contributed by atoms with Gasteiger partial charge in [-0.1, -0.05) is 30.3 Å². The molecule has 1 aliphatic rings. The Bertz CT molecular complexity index is 662. The van der Waals surface area contributed by atoms with E-state index in [1.54, 1.807) is 0 Å². The summed E-state index contributed by atoms with van der Waals surface area (Å²) in [7, 11) is 0. The maximum atomic E-state index is 12.3. The molecule has 0 unspecified atom stereocenters. The first-order valence-corrected chi connectivity index (χ1v) is 7.99. The third-order valence-corrected chi connectivity index (χ3v) is 3.91. The van der Waals surface area contributed by atoms with E-state index in [4.69, 9.17) is 4.74 Å². The zero-order chi connectivity index (χ0) is 16.3. The number of rotatable bonds is 5. The number of hydrogen-bond donors (Lipinski definition) is 2. The molecule has 0 saturated heterocycles. The molecule has 0 atom stereocenters. The molecule has 1 fully saturated rings. The van der Waals surface area contributed by atoms with Gasteiger partial charge in [0.1, 0.15) is 5.75 Å². The molecule has 0 bridgehead atoms. The molecule has 0 spiro atoms. The van der Waals surface area contributed by atoms with E-state index in [1.807, 2.05) is 56.3 Å². The van der Waals surface area contributed by atoms with Crippen molar-refractivity contribution in [3.05, 3.63) is 60.2 Å². The topological polar surface area (TPSA) is 50.4 Å². The van der Waals surface area contributed by atoms with Gasteiger partial charge in [0.05, 0.1) is 11.6 Å². The van der Waals surface area contributed by atoms with Gasteiger partial charge in [0.15, 0.2) is 0 Å². The van der Waals surface area contributed by atoms with Crippen molar-refractivity contribution >= 4 is 11.7 Å². The van der Waals surface area contributed by atoms with Gasteiger partial charge in [0.2, 0.25) is 0 Å². The first kappa shape index (κ1) is 15.4. The second-order valence-corrected chi connectivity index (χ2v) is 6.22. The fourth-order valence-electron chi connectivity index (χ4n) is 2.64. The first-order chi connectivity index (χ1) is 11.1. The molecule has 0 radical (unpaired) electrons. The molecule has 2 amide bonds. The molecule has 2 aromatic rings. The summed E-state index contributed by atoms with van der Waals surface area (Å²) in [4.78, 5) is 12.3. The molecular formula is C19H22N2O2. The van der Waals surface area contributed by atoms with Crippen LogP contribution in [0.1, 0.15) is 32.3 Å². The summed E-state index contributed by atoms with van der Waals surface area (Å²) >= 11 is 0. The maximum absolute atomic E-state index is 12.3. The lowest BCUT2D eigenvalue weighted by Crippen LogP contribution is -2.38. The van der Waals surface area contributed by atoms with E-state index < -0.39 is 0 Å². The van der Waals surface area contributed by atoms with Gasteiger partial charge in [-0.25, -0.2) is 4.79 Å². The minimum absolute atomic E-state index is 0.137. The summed E-state index contributed by atoms with van der Waals surface area (Å²) in [6.07, 6.45) is 2.09. The van der Waals surface area contributed by atoms with Crippen LogP contribution in [0.15, 0.2) is 54.6 Å². The van der Waals surface area contributed by atoms with Gasteiger partial charge >= 0.3 is 6.03 Å². The van der Waals surface area contributed by atoms with Crippen molar-refractivity contribution in [3.8, 4) is 5.75 Å². The smallest absolute Gasteiger partial charge is 0.319 e. The number of carbonyl (C=O) groups is 1. The average Bonchev–Trinajstić information content (AvgIpc) is 3.30. The quantitative estimate of drug-likeness (QED) is 0.866. The van der Waals surface area contributed by atoms with Crippen molar-refractivity contribution < 1.29 is 9.53 Å². The standard InChI is InChI=1S/C19H22N2O2/c1-14(2)23-17-10-8-16(9-11-17)20-18(22)21-19(12-13-19)15-6-4-3-5-7-15/h3-11,14H,12-13H2,1-2H3,(H2,20,21,22). The summed E-state index contributed by atoms with van der Waals surface area (Å²) in [5, 5.41) is 5.98. The number of carbonyl (C=O) groups excluding carboxylic acids is 1. The largest absolute Gasteiger partial charge is 0.491 e. The average molecular weight is 310 g/mol. The normalized spacial score (nSPS) is 15.1. The minimum atomic E-state index is -0.202. The van der Waals surface area contributed by atoms with Crippen molar-refractivity contribution in [1.82, 2.24) is 5.32 Å². The van der Waals surface area contributed by atoms with Crippen molar-refractivity contribution in [2.24, 2.45) is 0 Å². The van der Waals surface area contributed by atoms with Crippen LogP contribution < -0.4 is 15.4 Å². The number of benzene rings is 2. The predicted octanol–water partition coefficient (Wildman–Crippen LogP) is 4.28. The molecular weight excluding hydrogens is 288 g/mol. The van der Waals surface area contributed by atoms with E-state index in [2.05, 4.69) is 22.8 Å². The lowest BCUT2D eigenvalue weighted by molar-refractivity contribution is 0.242. The Hall–Kier alpha value is -2.49. The molecule has 2 aromatic carbocycles. The van der Waals surface area contributed by atoms with Crippen LogP contribution >= 0.6 is 0 Å². The van der Waals surface area contributed by atoms with E-state index >= 15 is 0 Å². The summed E-state index contributed by atoms with van der Waals surface area (Å²) < 4.78 is 5.59. The van der Waals surface area contributed by atoms with Gasteiger partial charge < -0.3 is 15.4 Å². The highest BCUT2D eigenvalue weighted by atomic mass is 16.5. The third-order valence-electron chi connectivity index (χ3n) is 3.91. The SMILES string of the molecule is CC(C)Oc1ccc(NC(=O)NC2(c3ccccc3)CC2)cc1. The molecule has 4 heteroatoms. The predicted molar refractivity (Wildman–Crippen MR) is 91.7 cm³/mol. The number of ether oxygens (including phenoxy) is 1. The number of anilines is 1. The second-order valence-electron chi connectivity index (χ2n) is 6.22. The highest BCUT2D eigenvalue weighted by Gasteiger charge is 2.45. The van der Waals surface area contributed by atoms with Crippen LogP contribution in [0, 0.1) is 0 Å². The van der Waals surface area contributed by atoms with Crippen LogP contribution in [0.5, 0.6) is 5.75 Å². The highest BCUT2D eigenvalue weighted by molar-refractivity contribution is 5.90. The Morgan fingerprint density at radius 3 is 2.26 bits per heavy atom. The van der Waals surface area contributed by atoms with Crippen molar-refractivity contribution in [1.29, 1.82) is 0 Å². The van der Waals surface area contributed by atoms with Crippen molar-refractivity contribution in [2.45, 2.75) is 38.3 Å². The summed E-state index contributed by atoms with van der Waals surface area (Å²) in [6.45, 7) is 3.97. The fraction of sp³-hybridized carbons (Fsp3) is 0.316. The van der Waals surface area contributed by atoms with Gasteiger partial charge in [-0.3, -0.25) is 0 Å². The molecule has 120 valence electrons. The summed E-state index contributed by atoms with van der Waals surface area (Å²) in [5.74, 6) is 0.800. The van der Waals surface area contributed by atoms with Crippen LogP contribution in [0.3, 0.4) is 0 Å². The lowest BCUT2D eigenvalue weighted by Gasteiger charge is -2.18. The maximum Gasteiger partial charge on any atom is 0.319 e. The van der Waals surface area contributed by atoms with Crippen molar-refractivity contribution in [2.75, 3.05) is 5.32 Å². The molecule has 0 aliphatic heterocycles. The van der Waals surface area contributed by atoms with Gasteiger partial charge in [-0.15, -0.1) is 0 Å². The molecule has 0 heterocycles. The van der Waals surface area contributed by atoms with E-state index in [9.17, 15) is 4.79 Å². The van der Waals surface area contributed by atoms with Gasteiger partial charge in [-0.05, 0) is 56.5 Å². The van der Waals surface area contributed by atoms with Crippen LogP contribution in [0.25, 0.3) is 0 Å². The molecule has 2 N–H and O–H groups in total. The monoisotopic (exact) mass is 310 g/mol. The van der Waals surface area contributed by atoms with E-state index in [1.165, 1.54) is 0 Å². The first-order valence-electron chi connectivity index (χ1n) is 7.99. The van der Waals surface area contributed by atoms with Crippen molar-refractivity contribution in [3.63, 3.8) is 0 Å². The van der Waals surface area contributed by atoms with Crippen LogP contribution in [-0.4, -0.2) is 12.1 Å². The molecule has 1 saturated carbocycles. The Kier molecular flexibility index (Phi) is 4.24. The zero-order valence-electron chi connectivity index (χ0n) is 13.5. The number of urea groups is 1. The minimum Gasteiger partial charge on any atom is -0.491 e. The fourth-order valence-corrected chi connectivity index (χ4v) is 2.64. The number of amides is 2. The molecule has 4 nitrogen and oxygen atoms in total. The highest BCUT2D eigenvalue weighted by Crippen LogP contribution is 2.45. The second kappa shape index (κ2) is 6.32. The Morgan fingerprint density at radius 2 is 1.70 bits per heavy atom. The molecule has 1 aliphatic carbocycles. The van der Waals surface area contributed by atoms with Crippen LogP contribution in [-0.2, 0) is 5.54 Å². The summed E-state index contributed by atoms with van der Waals surface area (Å²) in [5.41, 5.74) is 1.71. The Labute approximate surface area is 136 Å². The van der Waals surface area contributed by atoms with Crippen LogP contribution in [0.4, 0.5) is 10.5 Å². The summed E-state index contributed by atoms with van der Waals surface area (Å²) in [6, 6.07) is 17.4. The lowest BCUT2D eigenvalue weighted by atomic mass is 10.1.